The molecule has 1 aliphatic rings. The molecule has 3 aromatic rings. The molecule has 5 nitrogen and oxygen atoms in total. The van der Waals surface area contributed by atoms with Gasteiger partial charge in [0, 0.05) is 18.3 Å². The number of benzene rings is 1. The number of amides is 1. The van der Waals surface area contributed by atoms with Crippen molar-refractivity contribution in [1.82, 2.24) is 9.97 Å². The Bertz CT molecular complexity index is 979. The summed E-state index contributed by atoms with van der Waals surface area (Å²) in [5, 5.41) is 0.752. The van der Waals surface area contributed by atoms with Gasteiger partial charge in [0.1, 0.15) is 5.75 Å². The predicted octanol–water partition coefficient (Wildman–Crippen LogP) is 5.12. The molecule has 0 radical (unpaired) electrons. The normalized spacial score (nSPS) is 14.9. The average molecular weight is 396 g/mol. The van der Waals surface area contributed by atoms with Gasteiger partial charge in [0.05, 0.1) is 23.9 Å². The fourth-order valence-corrected chi connectivity index (χ4v) is 4.78. The summed E-state index contributed by atoms with van der Waals surface area (Å²) in [5.41, 5.74) is 3.09. The maximum Gasteiger partial charge on any atom is 0.232 e. The minimum absolute atomic E-state index is 0.0901. The summed E-state index contributed by atoms with van der Waals surface area (Å²) in [5.74, 6) is 1.08. The van der Waals surface area contributed by atoms with Crippen LogP contribution in [0.2, 0.25) is 0 Å². The van der Waals surface area contributed by atoms with Gasteiger partial charge in [-0.25, -0.2) is 4.98 Å². The third kappa shape index (κ3) is 3.87. The Kier molecular flexibility index (Phi) is 5.57. The van der Waals surface area contributed by atoms with E-state index in [4.69, 9.17) is 9.72 Å². The summed E-state index contributed by atoms with van der Waals surface area (Å²) >= 11 is 1.55. The van der Waals surface area contributed by atoms with Crippen molar-refractivity contribution in [3.63, 3.8) is 0 Å². The maximum absolute atomic E-state index is 13.5. The van der Waals surface area contributed by atoms with Crippen LogP contribution in [0.4, 0.5) is 5.13 Å². The van der Waals surface area contributed by atoms with Gasteiger partial charge in [-0.15, -0.1) is 0 Å². The molecule has 0 atom stereocenters. The number of carbonyl (C=O) groups excluding carboxylic acids is 1. The Morgan fingerprint density at radius 1 is 1.25 bits per heavy atom. The molecule has 1 aliphatic carbocycles. The molecule has 2 heterocycles. The average Bonchev–Trinajstić information content (AvgIpc) is 3.16. The molecule has 1 aromatic carbocycles. The Balaban J connectivity index is 1.71. The summed E-state index contributed by atoms with van der Waals surface area (Å²) in [6, 6.07) is 7.83. The van der Waals surface area contributed by atoms with Crippen LogP contribution in [0.1, 0.15) is 43.2 Å². The van der Waals surface area contributed by atoms with Crippen molar-refractivity contribution in [3.05, 3.63) is 47.8 Å². The van der Waals surface area contributed by atoms with Crippen molar-refractivity contribution in [2.75, 3.05) is 12.0 Å². The summed E-state index contributed by atoms with van der Waals surface area (Å²) in [4.78, 5) is 24.4. The van der Waals surface area contributed by atoms with Gasteiger partial charge >= 0.3 is 0 Å². The topological polar surface area (TPSA) is 55.3 Å². The second kappa shape index (κ2) is 8.27. The van der Waals surface area contributed by atoms with Crippen LogP contribution in [0.15, 0.2) is 36.7 Å². The molecule has 1 saturated carbocycles. The zero-order valence-corrected chi connectivity index (χ0v) is 17.2. The van der Waals surface area contributed by atoms with Crippen molar-refractivity contribution in [3.8, 4) is 5.75 Å². The molecule has 0 spiro atoms. The quantitative estimate of drug-likeness (QED) is 0.601. The number of fused-ring (bicyclic) bond motifs is 1. The van der Waals surface area contributed by atoms with E-state index in [1.807, 2.05) is 35.4 Å². The molecule has 0 unspecified atom stereocenters. The summed E-state index contributed by atoms with van der Waals surface area (Å²) in [6.07, 6.45) is 9.08. The number of methoxy groups -OCH3 is 1. The monoisotopic (exact) mass is 395 g/mol. The minimum Gasteiger partial charge on any atom is -0.497 e. The first-order valence-corrected chi connectivity index (χ1v) is 10.6. The van der Waals surface area contributed by atoms with Crippen LogP contribution in [0.5, 0.6) is 5.75 Å². The number of aromatic nitrogens is 2. The number of thiazole rings is 1. The summed E-state index contributed by atoms with van der Waals surface area (Å²) in [6.45, 7) is 2.56. The highest BCUT2D eigenvalue weighted by Gasteiger charge is 2.29. The highest BCUT2D eigenvalue weighted by atomic mass is 32.1. The number of hydrogen-bond donors (Lipinski definition) is 0. The van der Waals surface area contributed by atoms with Gasteiger partial charge in [0.25, 0.3) is 0 Å². The predicted molar refractivity (Wildman–Crippen MR) is 113 cm³/mol. The van der Waals surface area contributed by atoms with E-state index in [-0.39, 0.29) is 11.8 Å². The molecule has 1 amide bonds. The largest absolute Gasteiger partial charge is 0.497 e. The fraction of sp³-hybridized carbons (Fsp3) is 0.409. The fourth-order valence-electron chi connectivity index (χ4n) is 3.78. The lowest BCUT2D eigenvalue weighted by Crippen LogP contribution is -2.36. The van der Waals surface area contributed by atoms with E-state index in [9.17, 15) is 4.79 Å². The first-order chi connectivity index (χ1) is 13.7. The van der Waals surface area contributed by atoms with Gasteiger partial charge in [-0.2, -0.15) is 0 Å². The Labute approximate surface area is 169 Å². The van der Waals surface area contributed by atoms with Gasteiger partial charge in [0.2, 0.25) is 5.91 Å². The number of rotatable bonds is 5. The molecule has 6 heteroatoms. The molecule has 0 aliphatic heterocycles. The van der Waals surface area contributed by atoms with Crippen molar-refractivity contribution >= 4 is 32.6 Å². The highest BCUT2D eigenvalue weighted by Crippen LogP contribution is 2.35. The second-order valence-electron chi connectivity index (χ2n) is 7.39. The molecular formula is C22H25N3O2S. The Morgan fingerprint density at radius 3 is 2.82 bits per heavy atom. The lowest BCUT2D eigenvalue weighted by atomic mass is 9.88. The van der Waals surface area contributed by atoms with Gasteiger partial charge in [-0.05, 0) is 55.2 Å². The van der Waals surface area contributed by atoms with E-state index >= 15 is 0 Å². The standard InChI is InChI=1S/C22H25N3O2S/c1-15-10-11-23-13-17(15)14-25(21(26)16-6-4-3-5-7-16)22-24-19-9-8-18(27-2)12-20(19)28-22/h8-13,16H,3-7,14H2,1-2H3. The second-order valence-corrected chi connectivity index (χ2v) is 8.40. The smallest absolute Gasteiger partial charge is 0.232 e. The lowest BCUT2D eigenvalue weighted by molar-refractivity contribution is -0.123. The van der Waals surface area contributed by atoms with E-state index in [0.29, 0.717) is 6.54 Å². The zero-order valence-electron chi connectivity index (χ0n) is 16.4. The molecule has 0 saturated heterocycles. The molecule has 1 fully saturated rings. The first kappa shape index (κ1) is 18.9. The van der Waals surface area contributed by atoms with Crippen LogP contribution in [-0.2, 0) is 11.3 Å². The Hall–Kier alpha value is -2.47. The van der Waals surface area contributed by atoms with Crippen LogP contribution in [0.25, 0.3) is 10.2 Å². The number of anilines is 1. The number of nitrogens with zero attached hydrogens (tertiary/aromatic N) is 3. The van der Waals surface area contributed by atoms with E-state index < -0.39 is 0 Å². The van der Waals surface area contributed by atoms with Crippen molar-refractivity contribution in [1.29, 1.82) is 0 Å². The van der Waals surface area contributed by atoms with E-state index in [1.54, 1.807) is 24.6 Å². The number of aryl methyl sites for hydroxylation is 1. The number of ether oxygens (including phenoxy) is 1. The van der Waals surface area contributed by atoms with Crippen LogP contribution in [0.3, 0.4) is 0 Å². The molecule has 146 valence electrons. The van der Waals surface area contributed by atoms with E-state index in [2.05, 4.69) is 11.9 Å². The summed E-state index contributed by atoms with van der Waals surface area (Å²) in [7, 11) is 1.66. The number of hydrogen-bond acceptors (Lipinski definition) is 5. The van der Waals surface area contributed by atoms with Crippen LogP contribution >= 0.6 is 11.3 Å². The van der Waals surface area contributed by atoms with Crippen molar-refractivity contribution in [2.24, 2.45) is 5.92 Å². The molecule has 0 bridgehead atoms. The van der Waals surface area contributed by atoms with Crippen LogP contribution in [-0.4, -0.2) is 23.0 Å². The molecular weight excluding hydrogens is 370 g/mol. The number of pyridine rings is 1. The van der Waals surface area contributed by atoms with Crippen LogP contribution in [0, 0.1) is 12.8 Å². The van der Waals surface area contributed by atoms with Crippen LogP contribution < -0.4 is 9.64 Å². The number of carbonyl (C=O) groups is 1. The summed E-state index contributed by atoms with van der Waals surface area (Å²) < 4.78 is 6.36. The molecule has 2 aromatic heterocycles. The van der Waals surface area contributed by atoms with Gasteiger partial charge < -0.3 is 4.74 Å². The van der Waals surface area contributed by atoms with Gasteiger partial charge in [0.15, 0.2) is 5.13 Å². The van der Waals surface area contributed by atoms with E-state index in [1.165, 1.54) is 6.42 Å². The zero-order chi connectivity index (χ0) is 19.5. The Morgan fingerprint density at radius 2 is 2.07 bits per heavy atom. The lowest BCUT2D eigenvalue weighted by Gasteiger charge is -2.28. The first-order valence-electron chi connectivity index (χ1n) is 9.81. The van der Waals surface area contributed by atoms with Crippen molar-refractivity contribution < 1.29 is 9.53 Å². The van der Waals surface area contributed by atoms with Crippen molar-refractivity contribution in [2.45, 2.75) is 45.6 Å². The van der Waals surface area contributed by atoms with E-state index in [0.717, 1.165) is 57.9 Å². The van der Waals surface area contributed by atoms with Gasteiger partial charge in [-0.1, -0.05) is 30.6 Å². The highest BCUT2D eigenvalue weighted by molar-refractivity contribution is 7.22. The minimum atomic E-state index is 0.0901. The molecule has 0 N–H and O–H groups in total. The third-order valence-electron chi connectivity index (χ3n) is 5.51. The van der Waals surface area contributed by atoms with Gasteiger partial charge in [-0.3, -0.25) is 14.7 Å². The SMILES string of the molecule is COc1ccc2nc(N(Cc3cnccc3C)C(=O)C3CCCCC3)sc2c1. The third-order valence-corrected chi connectivity index (χ3v) is 6.55. The molecule has 4 rings (SSSR count). The molecule has 28 heavy (non-hydrogen) atoms. The maximum atomic E-state index is 13.5.